The number of hydrogen-bond donors (Lipinski definition) is 0. The highest BCUT2D eigenvalue weighted by molar-refractivity contribution is 7.99. The van der Waals surface area contributed by atoms with Crippen molar-refractivity contribution in [3.8, 4) is 11.4 Å². The number of ketones is 1. The van der Waals surface area contributed by atoms with Crippen molar-refractivity contribution >= 4 is 40.0 Å². The van der Waals surface area contributed by atoms with Gasteiger partial charge in [0.05, 0.1) is 11.3 Å². The van der Waals surface area contributed by atoms with Crippen molar-refractivity contribution in [3.63, 3.8) is 0 Å². The average Bonchev–Trinajstić information content (AvgIpc) is 3.15. The lowest BCUT2D eigenvalue weighted by Crippen LogP contribution is -2.05. The number of hydrogen-bond acceptors (Lipinski definition) is 5. The molecule has 0 aliphatic carbocycles. The maximum absolute atomic E-state index is 12.5. The van der Waals surface area contributed by atoms with Crippen molar-refractivity contribution < 1.29 is 4.79 Å². The monoisotopic (exact) mass is 420 g/mol. The van der Waals surface area contributed by atoms with Gasteiger partial charge in [0, 0.05) is 34.3 Å². The van der Waals surface area contributed by atoms with Crippen molar-refractivity contribution in [2.45, 2.75) is 11.7 Å². The fourth-order valence-corrected chi connectivity index (χ4v) is 3.93. The molecule has 0 saturated carbocycles. The number of thioether (sulfide) groups is 1. The van der Waals surface area contributed by atoms with Crippen LogP contribution in [-0.2, 0) is 6.54 Å². The molecule has 29 heavy (non-hydrogen) atoms. The predicted octanol–water partition coefficient (Wildman–Crippen LogP) is 5.31. The summed E-state index contributed by atoms with van der Waals surface area (Å²) in [5, 5.41) is 11.0. The summed E-state index contributed by atoms with van der Waals surface area (Å²) in [7, 11) is 0. The maximum Gasteiger partial charge on any atom is 0.192 e. The van der Waals surface area contributed by atoms with Gasteiger partial charge in [-0.25, -0.2) is 0 Å². The minimum Gasteiger partial charge on any atom is -0.298 e. The Kier molecular flexibility index (Phi) is 5.74. The van der Waals surface area contributed by atoms with Crippen LogP contribution >= 0.6 is 23.4 Å². The van der Waals surface area contributed by atoms with E-state index in [1.165, 1.54) is 11.8 Å². The highest BCUT2D eigenvalue weighted by Gasteiger charge is 2.16. The smallest absolute Gasteiger partial charge is 0.192 e. The van der Waals surface area contributed by atoms with Gasteiger partial charge in [-0.1, -0.05) is 35.5 Å². The fraction of sp³-hybridized carbons (Fsp3) is 0.0909. The highest BCUT2D eigenvalue weighted by Crippen LogP contribution is 2.27. The van der Waals surface area contributed by atoms with Crippen LogP contribution in [0.3, 0.4) is 0 Å². The lowest BCUT2D eigenvalue weighted by atomic mass is 10.1. The molecule has 4 aromatic rings. The van der Waals surface area contributed by atoms with Crippen molar-refractivity contribution in [2.24, 2.45) is 0 Å². The molecule has 7 heteroatoms. The molecule has 0 radical (unpaired) electrons. The van der Waals surface area contributed by atoms with E-state index in [2.05, 4.69) is 21.8 Å². The number of fused-ring (bicyclic) bond motifs is 1. The van der Waals surface area contributed by atoms with E-state index in [0.717, 1.165) is 22.3 Å². The maximum atomic E-state index is 12.5. The van der Waals surface area contributed by atoms with Crippen LogP contribution in [0.2, 0.25) is 5.02 Å². The van der Waals surface area contributed by atoms with Gasteiger partial charge in [0.25, 0.3) is 0 Å². The largest absolute Gasteiger partial charge is 0.298 e. The number of nitrogens with zero attached hydrogens (tertiary/aromatic N) is 4. The molecule has 2 heterocycles. The molecule has 0 N–H and O–H groups in total. The third-order valence-electron chi connectivity index (χ3n) is 4.39. The molecule has 2 aromatic heterocycles. The molecule has 0 aliphatic heterocycles. The van der Waals surface area contributed by atoms with E-state index in [1.54, 1.807) is 36.5 Å². The van der Waals surface area contributed by atoms with Gasteiger partial charge in [-0.2, -0.15) is 0 Å². The SMILES string of the molecule is C=CCn1c(SCC(=O)c2ccc(Cl)cc2)nnc1-c1ccc2ncccc2c1. The van der Waals surface area contributed by atoms with E-state index in [-0.39, 0.29) is 11.5 Å². The fourth-order valence-electron chi connectivity index (χ4n) is 2.97. The Bertz CT molecular complexity index is 1190. The molecule has 0 aliphatic rings. The van der Waals surface area contributed by atoms with Gasteiger partial charge in [0.1, 0.15) is 0 Å². The highest BCUT2D eigenvalue weighted by atomic mass is 35.5. The minimum atomic E-state index is 0.0122. The molecule has 0 unspecified atom stereocenters. The molecular weight excluding hydrogens is 404 g/mol. The van der Waals surface area contributed by atoms with Crippen LogP contribution in [0, 0.1) is 0 Å². The number of pyridine rings is 1. The number of Topliss-reactive ketones (excluding diaryl/α,β-unsaturated/α-hetero) is 1. The quantitative estimate of drug-likeness (QED) is 0.230. The summed E-state index contributed by atoms with van der Waals surface area (Å²) in [4.78, 5) is 16.8. The molecule has 0 amide bonds. The van der Waals surface area contributed by atoms with E-state index in [1.807, 2.05) is 34.9 Å². The zero-order valence-electron chi connectivity index (χ0n) is 15.5. The summed E-state index contributed by atoms with van der Waals surface area (Å²) in [5.74, 6) is 1.01. The van der Waals surface area contributed by atoms with Gasteiger partial charge >= 0.3 is 0 Å². The molecule has 144 valence electrons. The van der Waals surface area contributed by atoms with Gasteiger partial charge in [-0.15, -0.1) is 16.8 Å². The van der Waals surface area contributed by atoms with Crippen molar-refractivity contribution in [3.05, 3.63) is 84.0 Å². The summed E-state index contributed by atoms with van der Waals surface area (Å²) in [5.41, 5.74) is 2.49. The van der Waals surface area contributed by atoms with Gasteiger partial charge in [-0.3, -0.25) is 14.3 Å². The standard InChI is InChI=1S/C22H17ClN4OS/c1-2-12-27-21(17-7-10-19-16(13-17)4-3-11-24-19)25-26-22(27)29-14-20(28)15-5-8-18(23)9-6-15/h2-11,13H,1,12,14H2. The third-order valence-corrected chi connectivity index (χ3v) is 5.61. The normalized spacial score (nSPS) is 10.9. The first-order valence-electron chi connectivity index (χ1n) is 8.96. The topological polar surface area (TPSA) is 60.7 Å². The Morgan fingerprint density at radius 1 is 1.14 bits per heavy atom. The number of allylic oxidation sites excluding steroid dienone is 1. The molecule has 0 spiro atoms. The predicted molar refractivity (Wildman–Crippen MR) is 117 cm³/mol. The van der Waals surface area contributed by atoms with Gasteiger partial charge < -0.3 is 0 Å². The third kappa shape index (κ3) is 4.23. The van der Waals surface area contributed by atoms with Gasteiger partial charge in [0.2, 0.25) is 0 Å². The lowest BCUT2D eigenvalue weighted by Gasteiger charge is -2.08. The first kappa shape index (κ1) is 19.4. The van der Waals surface area contributed by atoms with E-state index < -0.39 is 0 Å². The van der Waals surface area contributed by atoms with Crippen LogP contribution in [-0.4, -0.2) is 31.3 Å². The second-order valence-corrected chi connectivity index (χ2v) is 7.71. The van der Waals surface area contributed by atoms with Gasteiger partial charge in [0.15, 0.2) is 16.8 Å². The van der Waals surface area contributed by atoms with E-state index in [0.29, 0.717) is 22.3 Å². The number of halogens is 1. The molecule has 5 nitrogen and oxygen atoms in total. The van der Waals surface area contributed by atoms with Gasteiger partial charge in [-0.05, 0) is 48.5 Å². The number of rotatable bonds is 7. The second kappa shape index (κ2) is 8.59. The van der Waals surface area contributed by atoms with E-state index >= 15 is 0 Å². The first-order valence-corrected chi connectivity index (χ1v) is 10.3. The Morgan fingerprint density at radius 2 is 1.97 bits per heavy atom. The van der Waals surface area contributed by atoms with Crippen LogP contribution in [0.1, 0.15) is 10.4 Å². The lowest BCUT2D eigenvalue weighted by molar-refractivity contribution is 0.102. The van der Waals surface area contributed by atoms with Crippen molar-refractivity contribution in [2.75, 3.05) is 5.75 Å². The Morgan fingerprint density at radius 3 is 2.76 bits per heavy atom. The number of carbonyl (C=O) groups excluding carboxylic acids is 1. The van der Waals surface area contributed by atoms with E-state index in [4.69, 9.17) is 11.6 Å². The average molecular weight is 421 g/mol. The minimum absolute atomic E-state index is 0.0122. The molecule has 0 atom stereocenters. The number of aromatic nitrogens is 4. The molecule has 2 aromatic carbocycles. The Hall–Kier alpha value is -2.96. The summed E-state index contributed by atoms with van der Waals surface area (Å²) in [6, 6.07) is 16.8. The van der Waals surface area contributed by atoms with Crippen LogP contribution < -0.4 is 0 Å². The zero-order chi connectivity index (χ0) is 20.2. The Balaban J connectivity index is 1.59. The molecule has 4 rings (SSSR count). The zero-order valence-corrected chi connectivity index (χ0v) is 17.0. The number of carbonyl (C=O) groups is 1. The summed E-state index contributed by atoms with van der Waals surface area (Å²) >= 11 is 7.25. The van der Waals surface area contributed by atoms with Crippen molar-refractivity contribution in [1.29, 1.82) is 0 Å². The van der Waals surface area contributed by atoms with Crippen LogP contribution in [0.25, 0.3) is 22.3 Å². The molecule has 0 fully saturated rings. The summed E-state index contributed by atoms with van der Waals surface area (Å²) < 4.78 is 1.96. The summed E-state index contributed by atoms with van der Waals surface area (Å²) in [6.07, 6.45) is 3.56. The van der Waals surface area contributed by atoms with Crippen LogP contribution in [0.15, 0.2) is 78.6 Å². The molecular formula is C22H17ClN4OS. The van der Waals surface area contributed by atoms with Crippen molar-refractivity contribution in [1.82, 2.24) is 19.7 Å². The number of benzene rings is 2. The van der Waals surface area contributed by atoms with E-state index in [9.17, 15) is 4.79 Å². The Labute approximate surface area is 177 Å². The summed E-state index contributed by atoms with van der Waals surface area (Å²) in [6.45, 7) is 4.38. The molecule has 0 saturated heterocycles. The van der Waals surface area contributed by atoms with Crippen LogP contribution in [0.4, 0.5) is 0 Å². The first-order chi connectivity index (χ1) is 14.2. The second-order valence-electron chi connectivity index (χ2n) is 6.34. The van der Waals surface area contributed by atoms with Crippen LogP contribution in [0.5, 0.6) is 0 Å². The molecule has 0 bridgehead atoms.